The second kappa shape index (κ2) is 4.28. The van der Waals surface area contributed by atoms with Gasteiger partial charge in [0.2, 0.25) is 0 Å². The molecule has 1 fully saturated rings. The van der Waals surface area contributed by atoms with Crippen molar-refractivity contribution >= 4 is 12.1 Å². The monoisotopic (exact) mass is 202 g/mol. The first-order valence-corrected chi connectivity index (χ1v) is 4.37. The van der Waals surface area contributed by atoms with Crippen LogP contribution in [0.15, 0.2) is 0 Å². The molecule has 1 heterocycles. The van der Waals surface area contributed by atoms with Crippen LogP contribution in [0.1, 0.15) is 6.42 Å². The number of piperidine rings is 1. The van der Waals surface area contributed by atoms with Crippen molar-refractivity contribution in [3.8, 4) is 0 Å². The summed E-state index contributed by atoms with van der Waals surface area (Å²) in [5, 5.41) is 8.73. The van der Waals surface area contributed by atoms with Crippen molar-refractivity contribution in [2.24, 2.45) is 11.7 Å². The third-order valence-electron chi connectivity index (χ3n) is 2.44. The number of rotatable bonds is 1. The summed E-state index contributed by atoms with van der Waals surface area (Å²) in [5.74, 6) is -0.978. The van der Waals surface area contributed by atoms with Crippen LogP contribution in [-0.2, 0) is 9.53 Å². The van der Waals surface area contributed by atoms with Crippen LogP contribution in [-0.4, -0.2) is 48.3 Å². The van der Waals surface area contributed by atoms with Crippen LogP contribution in [0.5, 0.6) is 0 Å². The lowest BCUT2D eigenvalue weighted by Gasteiger charge is -2.33. The molecule has 0 bridgehead atoms. The van der Waals surface area contributed by atoms with Crippen molar-refractivity contribution in [1.29, 1.82) is 0 Å². The Hall–Kier alpha value is -1.30. The Morgan fingerprint density at radius 2 is 2.21 bits per heavy atom. The SMILES string of the molecule is COC(=O)C1CN(C(=O)O)CCC1N. The van der Waals surface area contributed by atoms with E-state index in [4.69, 9.17) is 10.8 Å². The smallest absolute Gasteiger partial charge is 0.407 e. The minimum atomic E-state index is -1.02. The van der Waals surface area contributed by atoms with Gasteiger partial charge in [-0.05, 0) is 6.42 Å². The average Bonchev–Trinajstić information content (AvgIpc) is 2.17. The summed E-state index contributed by atoms with van der Waals surface area (Å²) in [5.41, 5.74) is 5.70. The number of hydrogen-bond acceptors (Lipinski definition) is 4. The van der Waals surface area contributed by atoms with Crippen LogP contribution in [0.25, 0.3) is 0 Å². The highest BCUT2D eigenvalue weighted by Crippen LogP contribution is 2.16. The largest absolute Gasteiger partial charge is 0.469 e. The number of amides is 1. The minimum absolute atomic E-state index is 0.128. The van der Waals surface area contributed by atoms with Crippen LogP contribution in [0.3, 0.4) is 0 Å². The Morgan fingerprint density at radius 3 is 2.71 bits per heavy atom. The number of carbonyl (C=O) groups is 2. The molecule has 80 valence electrons. The van der Waals surface area contributed by atoms with Crippen molar-refractivity contribution in [2.75, 3.05) is 20.2 Å². The van der Waals surface area contributed by atoms with Gasteiger partial charge in [0.15, 0.2) is 0 Å². The average molecular weight is 202 g/mol. The lowest BCUT2D eigenvalue weighted by atomic mass is 9.93. The van der Waals surface area contributed by atoms with E-state index in [9.17, 15) is 9.59 Å². The van der Waals surface area contributed by atoms with Gasteiger partial charge < -0.3 is 20.5 Å². The van der Waals surface area contributed by atoms with Gasteiger partial charge in [0.1, 0.15) is 0 Å². The second-order valence-corrected chi connectivity index (χ2v) is 3.31. The maximum Gasteiger partial charge on any atom is 0.407 e. The van der Waals surface area contributed by atoms with Gasteiger partial charge in [0.25, 0.3) is 0 Å². The van der Waals surface area contributed by atoms with Crippen LogP contribution in [0.2, 0.25) is 0 Å². The van der Waals surface area contributed by atoms with Gasteiger partial charge in [0, 0.05) is 19.1 Å². The topological polar surface area (TPSA) is 92.9 Å². The highest BCUT2D eigenvalue weighted by atomic mass is 16.5. The Kier molecular flexibility index (Phi) is 3.29. The summed E-state index contributed by atoms with van der Waals surface area (Å²) < 4.78 is 4.55. The van der Waals surface area contributed by atoms with E-state index in [0.29, 0.717) is 13.0 Å². The van der Waals surface area contributed by atoms with E-state index in [2.05, 4.69) is 4.74 Å². The van der Waals surface area contributed by atoms with Crippen LogP contribution in [0.4, 0.5) is 4.79 Å². The lowest BCUT2D eigenvalue weighted by molar-refractivity contribution is -0.147. The van der Waals surface area contributed by atoms with Gasteiger partial charge in [-0.1, -0.05) is 0 Å². The molecule has 1 aliphatic rings. The lowest BCUT2D eigenvalue weighted by Crippen LogP contribution is -2.51. The third kappa shape index (κ3) is 2.14. The number of hydrogen-bond donors (Lipinski definition) is 2. The zero-order valence-corrected chi connectivity index (χ0v) is 7.97. The predicted octanol–water partition coefficient (Wildman–Crippen LogP) is -0.513. The molecule has 0 spiro atoms. The molecule has 2 unspecified atom stereocenters. The number of carboxylic acid groups (broad SMARTS) is 1. The molecular weight excluding hydrogens is 188 g/mol. The molecule has 0 aromatic rings. The first-order valence-electron chi connectivity index (χ1n) is 4.37. The molecule has 1 rings (SSSR count). The predicted molar refractivity (Wildman–Crippen MR) is 47.7 cm³/mol. The maximum absolute atomic E-state index is 11.2. The van der Waals surface area contributed by atoms with Crippen molar-refractivity contribution in [3.05, 3.63) is 0 Å². The number of nitrogens with zero attached hydrogens (tertiary/aromatic N) is 1. The van der Waals surface area contributed by atoms with Gasteiger partial charge >= 0.3 is 12.1 Å². The number of esters is 1. The molecule has 0 aromatic carbocycles. The minimum Gasteiger partial charge on any atom is -0.469 e. The van der Waals surface area contributed by atoms with E-state index in [1.165, 1.54) is 12.0 Å². The van der Waals surface area contributed by atoms with E-state index < -0.39 is 18.0 Å². The van der Waals surface area contributed by atoms with E-state index in [1.807, 2.05) is 0 Å². The standard InChI is InChI=1S/C8H14N2O4/c1-14-7(11)5-4-10(8(12)13)3-2-6(5)9/h5-6H,2-4,9H2,1H3,(H,12,13). The van der Waals surface area contributed by atoms with Gasteiger partial charge in [-0.2, -0.15) is 0 Å². The molecule has 6 heteroatoms. The van der Waals surface area contributed by atoms with Crippen LogP contribution in [0, 0.1) is 5.92 Å². The summed E-state index contributed by atoms with van der Waals surface area (Å²) >= 11 is 0. The Balaban J connectivity index is 2.64. The van der Waals surface area contributed by atoms with Crippen molar-refractivity contribution in [1.82, 2.24) is 4.90 Å². The van der Waals surface area contributed by atoms with Gasteiger partial charge in [-0.15, -0.1) is 0 Å². The highest BCUT2D eigenvalue weighted by Gasteiger charge is 2.34. The molecule has 0 aromatic heterocycles. The fourth-order valence-corrected chi connectivity index (χ4v) is 1.54. The van der Waals surface area contributed by atoms with Gasteiger partial charge in [0.05, 0.1) is 13.0 Å². The van der Waals surface area contributed by atoms with Crippen LogP contribution < -0.4 is 5.73 Å². The molecule has 1 saturated heterocycles. The number of likely N-dealkylation sites (tertiary alicyclic amines) is 1. The van der Waals surface area contributed by atoms with Crippen molar-refractivity contribution < 1.29 is 19.4 Å². The zero-order valence-electron chi connectivity index (χ0n) is 7.97. The quantitative estimate of drug-likeness (QED) is 0.558. The second-order valence-electron chi connectivity index (χ2n) is 3.31. The first-order chi connectivity index (χ1) is 6.56. The highest BCUT2D eigenvalue weighted by molar-refractivity contribution is 5.75. The van der Waals surface area contributed by atoms with E-state index in [-0.39, 0.29) is 12.6 Å². The van der Waals surface area contributed by atoms with Crippen molar-refractivity contribution in [3.63, 3.8) is 0 Å². The Bertz CT molecular complexity index is 243. The molecule has 0 aliphatic carbocycles. The molecule has 1 aliphatic heterocycles. The fraction of sp³-hybridized carbons (Fsp3) is 0.750. The molecule has 6 nitrogen and oxygen atoms in total. The summed E-state index contributed by atoms with van der Waals surface area (Å²) in [7, 11) is 1.27. The Morgan fingerprint density at radius 1 is 1.57 bits per heavy atom. The van der Waals surface area contributed by atoms with Gasteiger partial charge in [-0.25, -0.2) is 4.79 Å². The number of ether oxygens (including phenoxy) is 1. The normalized spacial score (nSPS) is 27.1. The zero-order chi connectivity index (χ0) is 10.7. The molecular formula is C8H14N2O4. The maximum atomic E-state index is 11.2. The molecule has 0 saturated carbocycles. The molecule has 0 radical (unpaired) electrons. The van der Waals surface area contributed by atoms with E-state index >= 15 is 0 Å². The fourth-order valence-electron chi connectivity index (χ4n) is 1.54. The molecule has 3 N–H and O–H groups in total. The first kappa shape index (κ1) is 10.8. The van der Waals surface area contributed by atoms with Gasteiger partial charge in [-0.3, -0.25) is 4.79 Å². The number of nitrogens with two attached hydrogens (primary N) is 1. The summed E-state index contributed by atoms with van der Waals surface area (Å²) in [6.45, 7) is 0.507. The summed E-state index contributed by atoms with van der Waals surface area (Å²) in [4.78, 5) is 23.1. The molecule has 14 heavy (non-hydrogen) atoms. The molecule has 1 amide bonds. The van der Waals surface area contributed by atoms with Crippen LogP contribution >= 0.6 is 0 Å². The van der Waals surface area contributed by atoms with E-state index in [0.717, 1.165) is 0 Å². The number of carbonyl (C=O) groups excluding carboxylic acids is 1. The number of methoxy groups -OCH3 is 1. The van der Waals surface area contributed by atoms with Crippen molar-refractivity contribution in [2.45, 2.75) is 12.5 Å². The third-order valence-corrected chi connectivity index (χ3v) is 2.44. The Labute approximate surface area is 81.6 Å². The molecule has 2 atom stereocenters. The van der Waals surface area contributed by atoms with E-state index in [1.54, 1.807) is 0 Å². The summed E-state index contributed by atoms with van der Waals surface area (Å²) in [6.07, 6.45) is -0.530. The summed E-state index contributed by atoms with van der Waals surface area (Å²) in [6, 6.07) is -0.307.